The highest BCUT2D eigenvalue weighted by atomic mass is 16.9. The maximum atomic E-state index is 10.2. The monoisotopic (exact) mass is 394 g/mol. The van der Waals surface area contributed by atoms with Crippen LogP contribution in [0, 0.1) is 10.1 Å². The minimum absolute atomic E-state index is 0.0648. The molecular weight excluding hydrogens is 368 g/mol. The van der Waals surface area contributed by atoms with Gasteiger partial charge >= 0.3 is 0 Å². The van der Waals surface area contributed by atoms with E-state index in [0.717, 1.165) is 5.39 Å². The maximum Gasteiger partial charge on any atom is 0.294 e. The molecule has 0 aliphatic heterocycles. The third kappa shape index (κ3) is 4.81. The van der Waals surface area contributed by atoms with Crippen LogP contribution < -0.4 is 19.5 Å². The zero-order valence-corrected chi connectivity index (χ0v) is 16.8. The van der Waals surface area contributed by atoms with Crippen molar-refractivity contribution < 1.29 is 24.1 Å². The van der Waals surface area contributed by atoms with Crippen LogP contribution in [0.15, 0.2) is 6.07 Å². The molecule has 28 heavy (non-hydrogen) atoms. The third-order valence-electron chi connectivity index (χ3n) is 4.09. The van der Waals surface area contributed by atoms with E-state index in [0.29, 0.717) is 53.8 Å². The lowest BCUT2D eigenvalue weighted by Crippen LogP contribution is -2.10. The van der Waals surface area contributed by atoms with Crippen molar-refractivity contribution in [2.24, 2.45) is 0 Å². The quantitative estimate of drug-likeness (QED) is 0.348. The largest absolute Gasteiger partial charge is 0.493 e. The number of aromatic nitrogens is 2. The van der Waals surface area contributed by atoms with Crippen molar-refractivity contribution in [3.63, 3.8) is 0 Å². The van der Waals surface area contributed by atoms with Gasteiger partial charge in [-0.25, -0.2) is 9.97 Å². The highest BCUT2D eigenvalue weighted by molar-refractivity contribution is 5.97. The SMILES string of the molecule is COc1cc2c(NCCCCO[N+](=O)[O-])nc(C(C)C)nc2c(OC)c1OC. The standard InChI is InChI=1S/C18H26N4O6/c1-11(2)17-20-14-12(10-13(25-3)15(26-4)16(14)27-5)18(21-17)19-8-6-7-9-28-22(23)24/h10-11H,6-9H2,1-5H3,(H,19,20,21). The van der Waals surface area contributed by atoms with Crippen molar-refractivity contribution in [3.8, 4) is 17.2 Å². The zero-order valence-electron chi connectivity index (χ0n) is 16.8. The number of unbranched alkanes of at least 4 members (excludes halogenated alkanes) is 1. The first-order valence-electron chi connectivity index (χ1n) is 8.94. The number of anilines is 1. The molecule has 10 nitrogen and oxygen atoms in total. The van der Waals surface area contributed by atoms with Gasteiger partial charge in [0.15, 0.2) is 11.5 Å². The molecular formula is C18H26N4O6. The molecule has 0 fully saturated rings. The van der Waals surface area contributed by atoms with Gasteiger partial charge in [0.05, 0.1) is 33.3 Å². The first-order valence-corrected chi connectivity index (χ1v) is 8.94. The summed E-state index contributed by atoms with van der Waals surface area (Å²) in [7, 11) is 4.65. The topological polar surface area (TPSA) is 118 Å². The average Bonchev–Trinajstić information content (AvgIpc) is 2.68. The lowest BCUT2D eigenvalue weighted by atomic mass is 10.1. The third-order valence-corrected chi connectivity index (χ3v) is 4.09. The van der Waals surface area contributed by atoms with Crippen molar-refractivity contribution in [2.45, 2.75) is 32.6 Å². The summed E-state index contributed by atoms with van der Waals surface area (Å²) in [5, 5.41) is 13.4. The summed E-state index contributed by atoms with van der Waals surface area (Å²) in [6.45, 7) is 4.65. The van der Waals surface area contributed by atoms with Crippen LogP contribution in [0.25, 0.3) is 10.9 Å². The molecule has 0 aliphatic rings. The molecule has 0 saturated heterocycles. The Hall–Kier alpha value is -3.04. The number of nitrogens with zero attached hydrogens (tertiary/aromatic N) is 3. The number of rotatable bonds is 11. The lowest BCUT2D eigenvalue weighted by Gasteiger charge is -2.18. The lowest BCUT2D eigenvalue weighted by molar-refractivity contribution is -0.757. The second kappa shape index (κ2) is 9.77. The number of fused-ring (bicyclic) bond motifs is 1. The second-order valence-corrected chi connectivity index (χ2v) is 6.32. The molecule has 10 heteroatoms. The molecule has 0 spiro atoms. The van der Waals surface area contributed by atoms with Crippen LogP contribution in [0.1, 0.15) is 38.4 Å². The summed E-state index contributed by atoms with van der Waals surface area (Å²) in [6, 6.07) is 1.80. The molecule has 0 saturated carbocycles. The van der Waals surface area contributed by atoms with Gasteiger partial charge in [-0.2, -0.15) is 0 Å². The molecule has 0 atom stereocenters. The molecule has 2 rings (SSSR count). The molecule has 1 aromatic carbocycles. The number of hydrogen-bond acceptors (Lipinski definition) is 9. The molecule has 0 amide bonds. The van der Waals surface area contributed by atoms with Crippen molar-refractivity contribution in [2.75, 3.05) is 39.8 Å². The van der Waals surface area contributed by atoms with Gasteiger partial charge in [0.25, 0.3) is 5.09 Å². The fourth-order valence-electron chi connectivity index (χ4n) is 2.71. The normalized spacial score (nSPS) is 10.8. The molecule has 154 valence electrons. The Morgan fingerprint density at radius 1 is 1.11 bits per heavy atom. The van der Waals surface area contributed by atoms with Crippen molar-refractivity contribution in [3.05, 3.63) is 22.0 Å². The molecule has 1 aromatic heterocycles. The van der Waals surface area contributed by atoms with Gasteiger partial charge in [0.2, 0.25) is 5.75 Å². The number of ether oxygens (including phenoxy) is 3. The summed E-state index contributed by atoms with van der Waals surface area (Å²) < 4.78 is 16.4. The predicted molar refractivity (Wildman–Crippen MR) is 104 cm³/mol. The number of hydrogen-bond donors (Lipinski definition) is 1. The van der Waals surface area contributed by atoms with Crippen LogP contribution in [-0.2, 0) is 4.84 Å². The number of methoxy groups -OCH3 is 3. The van der Waals surface area contributed by atoms with E-state index in [9.17, 15) is 10.1 Å². The number of benzene rings is 1. The molecule has 0 radical (unpaired) electrons. The molecule has 0 bridgehead atoms. The van der Waals surface area contributed by atoms with Crippen LogP contribution in [0.5, 0.6) is 17.2 Å². The van der Waals surface area contributed by atoms with Crippen molar-refractivity contribution in [1.82, 2.24) is 9.97 Å². The Balaban J connectivity index is 2.38. The van der Waals surface area contributed by atoms with Crippen LogP contribution in [0.4, 0.5) is 5.82 Å². The van der Waals surface area contributed by atoms with Gasteiger partial charge in [0, 0.05) is 12.5 Å². The van der Waals surface area contributed by atoms with Gasteiger partial charge < -0.3 is 24.4 Å². The number of nitrogens with one attached hydrogen (secondary N) is 1. The second-order valence-electron chi connectivity index (χ2n) is 6.32. The predicted octanol–water partition coefficient (Wildman–Crippen LogP) is 3.18. The molecule has 0 unspecified atom stereocenters. The summed E-state index contributed by atoms with van der Waals surface area (Å²) in [6.07, 6.45) is 1.23. The fourth-order valence-corrected chi connectivity index (χ4v) is 2.71. The summed E-state index contributed by atoms with van der Waals surface area (Å²) in [4.78, 5) is 23.8. The van der Waals surface area contributed by atoms with E-state index in [-0.39, 0.29) is 12.5 Å². The van der Waals surface area contributed by atoms with E-state index < -0.39 is 5.09 Å². The van der Waals surface area contributed by atoms with E-state index in [2.05, 4.69) is 20.1 Å². The van der Waals surface area contributed by atoms with Gasteiger partial charge in [-0.05, 0) is 18.9 Å². The van der Waals surface area contributed by atoms with Gasteiger partial charge in [-0.3, -0.25) is 0 Å². The maximum absolute atomic E-state index is 10.2. The highest BCUT2D eigenvalue weighted by Gasteiger charge is 2.21. The van der Waals surface area contributed by atoms with E-state index in [1.807, 2.05) is 13.8 Å². The Bertz CT molecular complexity index is 828. The smallest absolute Gasteiger partial charge is 0.294 e. The Morgan fingerprint density at radius 2 is 1.82 bits per heavy atom. The van der Waals surface area contributed by atoms with Gasteiger partial charge in [-0.1, -0.05) is 13.8 Å². The Kier molecular flexibility index (Phi) is 7.42. The highest BCUT2D eigenvalue weighted by Crippen LogP contribution is 2.44. The Labute approximate surface area is 163 Å². The minimum Gasteiger partial charge on any atom is -0.493 e. The molecule has 0 aliphatic carbocycles. The summed E-state index contributed by atoms with van der Waals surface area (Å²) in [5.74, 6) is 2.86. The van der Waals surface area contributed by atoms with E-state index in [4.69, 9.17) is 14.2 Å². The molecule has 1 heterocycles. The van der Waals surface area contributed by atoms with Crippen molar-refractivity contribution in [1.29, 1.82) is 0 Å². The van der Waals surface area contributed by atoms with E-state index >= 15 is 0 Å². The van der Waals surface area contributed by atoms with Crippen LogP contribution >= 0.6 is 0 Å². The van der Waals surface area contributed by atoms with Crippen LogP contribution in [0.2, 0.25) is 0 Å². The average molecular weight is 394 g/mol. The van der Waals surface area contributed by atoms with E-state index in [1.54, 1.807) is 27.4 Å². The first-order chi connectivity index (χ1) is 13.4. The molecule has 2 aromatic rings. The Morgan fingerprint density at radius 3 is 2.39 bits per heavy atom. The molecule has 1 N–H and O–H groups in total. The van der Waals surface area contributed by atoms with Gasteiger partial charge in [0.1, 0.15) is 17.2 Å². The van der Waals surface area contributed by atoms with Crippen molar-refractivity contribution >= 4 is 16.7 Å². The van der Waals surface area contributed by atoms with E-state index in [1.165, 1.54) is 0 Å². The fraction of sp³-hybridized carbons (Fsp3) is 0.556. The first kappa shape index (κ1) is 21.3. The zero-order chi connectivity index (χ0) is 20.7. The summed E-state index contributed by atoms with van der Waals surface area (Å²) >= 11 is 0. The van der Waals surface area contributed by atoms with Crippen LogP contribution in [-0.4, -0.2) is 49.5 Å². The van der Waals surface area contributed by atoms with Gasteiger partial charge in [-0.15, -0.1) is 10.1 Å². The van der Waals surface area contributed by atoms with Crippen LogP contribution in [0.3, 0.4) is 0 Å². The minimum atomic E-state index is -0.786. The summed E-state index contributed by atoms with van der Waals surface area (Å²) in [5.41, 5.74) is 0.623.